The summed E-state index contributed by atoms with van der Waals surface area (Å²) in [5.74, 6) is 6.42. The zero-order valence-corrected chi connectivity index (χ0v) is 50.5. The number of hydrogen-bond acceptors (Lipinski definition) is 9. The molecule has 6 aromatic rings. The van der Waals surface area contributed by atoms with Gasteiger partial charge in [0.05, 0.1) is 47.7 Å². The first-order valence-corrected chi connectivity index (χ1v) is 31.8. The molecular weight excluding hydrogens is 1120 g/mol. The lowest BCUT2D eigenvalue weighted by Crippen LogP contribution is -2.46. The topological polar surface area (TPSA) is 152 Å². The number of rotatable bonds is 19. The fraction of sp³-hybridized carbons (Fsp3) is 0.457. The maximum absolute atomic E-state index is 15.0. The van der Waals surface area contributed by atoms with Crippen molar-refractivity contribution in [1.29, 1.82) is 0 Å². The summed E-state index contributed by atoms with van der Waals surface area (Å²) in [6, 6.07) is 20.8. The molecule has 6 aliphatic rings. The lowest BCUT2D eigenvalue weighted by molar-refractivity contribution is -0.140. The van der Waals surface area contributed by atoms with E-state index < -0.39 is 30.9 Å². The van der Waals surface area contributed by atoms with Gasteiger partial charge in [0.1, 0.15) is 43.1 Å². The number of carbonyl (C=O) groups excluding carboxylic acids is 2. The first-order valence-electron chi connectivity index (χ1n) is 31.8. The number of amides is 2. The van der Waals surface area contributed by atoms with Gasteiger partial charge < -0.3 is 50.2 Å². The summed E-state index contributed by atoms with van der Waals surface area (Å²) >= 11 is 0. The number of carboxylic acid groups (broad SMARTS) is 1. The number of likely N-dealkylation sites (tertiary alicyclic amines) is 1. The van der Waals surface area contributed by atoms with Crippen molar-refractivity contribution in [2.75, 3.05) is 88.6 Å². The fourth-order valence-corrected chi connectivity index (χ4v) is 14.3. The number of carbonyl (C=O) groups is 3. The maximum Gasteiger partial charge on any atom is 0.406 e. The molecule has 14 nitrogen and oxygen atoms in total. The maximum atomic E-state index is 15.0. The highest BCUT2D eigenvalue weighted by atomic mass is 19.4. The molecular formula is C70H79F4N8O6+. The molecule has 2 amide bonds. The Kier molecular flexibility index (Phi) is 18.0. The van der Waals surface area contributed by atoms with Gasteiger partial charge in [-0.05, 0) is 161 Å². The molecule has 0 unspecified atom stereocenters. The van der Waals surface area contributed by atoms with Crippen LogP contribution in [0, 0.1) is 11.8 Å². The van der Waals surface area contributed by atoms with E-state index in [-0.39, 0.29) is 36.2 Å². The number of alkyl halides is 4. The summed E-state index contributed by atoms with van der Waals surface area (Å²) in [5.41, 5.74) is 11.3. The van der Waals surface area contributed by atoms with Gasteiger partial charge in [0.25, 0.3) is 11.8 Å². The van der Waals surface area contributed by atoms with Crippen LogP contribution in [0.3, 0.4) is 0 Å². The summed E-state index contributed by atoms with van der Waals surface area (Å²) in [4.78, 5) is 45.0. The molecule has 462 valence electrons. The molecule has 0 radical (unpaired) electrons. The normalized spacial score (nSPS) is 17.9. The molecule has 0 spiro atoms. The van der Waals surface area contributed by atoms with Crippen LogP contribution in [-0.4, -0.2) is 124 Å². The van der Waals surface area contributed by atoms with Crippen molar-refractivity contribution in [3.63, 3.8) is 0 Å². The second-order valence-corrected chi connectivity index (χ2v) is 24.6. The van der Waals surface area contributed by atoms with Crippen LogP contribution in [0.5, 0.6) is 17.2 Å². The largest absolute Gasteiger partial charge is 0.495 e. The third-order valence-corrected chi connectivity index (χ3v) is 18.6. The van der Waals surface area contributed by atoms with Crippen LogP contribution in [-0.2, 0) is 32.2 Å². The monoisotopic (exact) mass is 1200 g/mol. The van der Waals surface area contributed by atoms with E-state index in [1.54, 1.807) is 60.7 Å². The van der Waals surface area contributed by atoms with Crippen LogP contribution >= 0.6 is 0 Å². The summed E-state index contributed by atoms with van der Waals surface area (Å²) in [6.45, 7) is 4.87. The van der Waals surface area contributed by atoms with Crippen molar-refractivity contribution in [2.24, 2.45) is 0 Å². The molecule has 1 aromatic heterocycles. The SMILES string of the molecule is COc1cc(C(=O)NCCCCCCCCNC(=O)c2ccc(C(=O)O)c(C3=c4cc5c6c(c4Oc4c3cc3c7c4CCCN7CCCC3)CCC[N+]=6CCCC5)c2)ccc1NCC#Cc1cc2c(N[C@@H]3CCN(C)C[C@@H]3F)cccc2n1CC(F)(F)F. The molecule has 0 saturated carbocycles. The molecule has 88 heavy (non-hydrogen) atoms. The number of fused-ring (bicyclic) bond motifs is 5. The van der Waals surface area contributed by atoms with E-state index in [0.717, 1.165) is 161 Å². The van der Waals surface area contributed by atoms with E-state index in [1.807, 2.05) is 11.9 Å². The molecule has 12 rings (SSSR count). The Morgan fingerprint density at radius 1 is 0.761 bits per heavy atom. The van der Waals surface area contributed by atoms with Gasteiger partial charge in [0, 0.05) is 107 Å². The smallest absolute Gasteiger partial charge is 0.406 e. The number of nitrogens with one attached hydrogen (secondary N) is 4. The Balaban J connectivity index is 0.640. The Hall–Kier alpha value is -8.04. The molecule has 0 bridgehead atoms. The minimum atomic E-state index is -4.50. The van der Waals surface area contributed by atoms with Crippen LogP contribution < -0.4 is 50.8 Å². The van der Waals surface area contributed by atoms with Gasteiger partial charge >= 0.3 is 12.1 Å². The number of aromatic carboxylic acids is 1. The molecule has 5 aromatic carbocycles. The Morgan fingerprint density at radius 3 is 2.26 bits per heavy atom. The summed E-state index contributed by atoms with van der Waals surface area (Å²) in [5, 5.41) is 26.2. The van der Waals surface area contributed by atoms with Crippen LogP contribution in [0.1, 0.15) is 154 Å². The molecule has 1 fully saturated rings. The van der Waals surface area contributed by atoms with Crippen molar-refractivity contribution in [3.05, 3.63) is 139 Å². The standard InChI is InChI=1S/C70H78F4N8O6/c1-79-36-28-58(56(71)42-79)78-57-22-13-23-60-53(57)41-48(82(60)43-70(72,73)74)19-14-31-75-59-27-25-47(40-61(59)87-2)68(84)77-30-10-6-4-3-5-9-29-76-67(83)46-24-26-49(69(85)86)52(39-46)62-54-37-44-17-7-11-32-80-34-15-20-50(63(44)80)65(54)88-66-51-21-16-35-81-33-12-8-18-45(64(51)81)38-55(62)66/h13,22-27,37-41,56,58,78H,3-12,15-18,20-21,28-36,42-43H2,1-2H3,(H3-,75,76,77,83,84,85,86)/p+1/t56-,58+/m0/s1. The Labute approximate surface area is 511 Å². The zero-order valence-electron chi connectivity index (χ0n) is 50.5. The Morgan fingerprint density at radius 2 is 1.49 bits per heavy atom. The van der Waals surface area contributed by atoms with Gasteiger partial charge in [-0.2, -0.15) is 13.2 Å². The average Bonchev–Trinajstić information content (AvgIpc) is 0.831. The third kappa shape index (κ3) is 12.8. The number of anilines is 3. The molecule has 0 aliphatic carbocycles. The van der Waals surface area contributed by atoms with Crippen molar-refractivity contribution < 1.29 is 46.5 Å². The number of aromatic nitrogens is 1. The van der Waals surface area contributed by atoms with E-state index in [0.29, 0.717) is 70.8 Å². The van der Waals surface area contributed by atoms with Crippen molar-refractivity contribution in [2.45, 2.75) is 134 Å². The zero-order chi connectivity index (χ0) is 61.1. The number of piperidine rings is 1. The lowest BCUT2D eigenvalue weighted by Gasteiger charge is -2.35. The number of nitrogens with zero attached hydrogens (tertiary/aromatic N) is 4. The molecule has 5 N–H and O–H groups in total. The summed E-state index contributed by atoms with van der Waals surface area (Å²) in [6.07, 6.45) is 10.4. The highest BCUT2D eigenvalue weighted by molar-refractivity contribution is 6.03. The van der Waals surface area contributed by atoms with Crippen LogP contribution in [0.15, 0.2) is 72.8 Å². The molecule has 7 heterocycles. The first kappa shape index (κ1) is 60.3. The van der Waals surface area contributed by atoms with Gasteiger partial charge in [-0.3, -0.25) is 9.59 Å². The third-order valence-electron chi connectivity index (χ3n) is 18.6. The number of hydrogen-bond donors (Lipinski definition) is 5. The number of methoxy groups -OCH3 is 1. The molecule has 18 heteroatoms. The highest BCUT2D eigenvalue weighted by Crippen LogP contribution is 2.49. The minimum Gasteiger partial charge on any atom is -0.495 e. The van der Waals surface area contributed by atoms with Crippen LogP contribution in [0.4, 0.5) is 34.6 Å². The molecule has 2 atom stereocenters. The van der Waals surface area contributed by atoms with E-state index in [4.69, 9.17) is 9.47 Å². The second-order valence-electron chi connectivity index (χ2n) is 24.6. The van der Waals surface area contributed by atoms with Gasteiger partial charge in [0.15, 0.2) is 0 Å². The first-order chi connectivity index (χ1) is 42.7. The van der Waals surface area contributed by atoms with Gasteiger partial charge in [-0.1, -0.05) is 37.7 Å². The predicted octanol–water partition coefficient (Wildman–Crippen LogP) is 10.5. The van der Waals surface area contributed by atoms with E-state index in [1.165, 1.54) is 40.4 Å². The van der Waals surface area contributed by atoms with Crippen molar-refractivity contribution in [1.82, 2.24) is 24.7 Å². The van der Waals surface area contributed by atoms with E-state index in [9.17, 15) is 37.1 Å². The quantitative estimate of drug-likeness (QED) is 0.0229. The Bertz CT molecular complexity index is 3880. The number of carboxylic acids is 1. The van der Waals surface area contributed by atoms with Crippen LogP contribution in [0.25, 0.3) is 16.5 Å². The lowest BCUT2D eigenvalue weighted by atomic mass is 9.82. The van der Waals surface area contributed by atoms with E-state index >= 15 is 0 Å². The van der Waals surface area contributed by atoms with E-state index in [2.05, 4.69) is 54.7 Å². The predicted molar refractivity (Wildman–Crippen MR) is 336 cm³/mol. The van der Waals surface area contributed by atoms with Gasteiger partial charge in [-0.15, -0.1) is 0 Å². The second kappa shape index (κ2) is 26.3. The summed E-state index contributed by atoms with van der Waals surface area (Å²) < 4.78 is 73.2. The number of benzene rings is 5. The van der Waals surface area contributed by atoms with Gasteiger partial charge in [0.2, 0.25) is 5.36 Å². The average molecular weight is 1200 g/mol. The number of aryl methyl sites for hydroxylation is 2. The fourth-order valence-electron chi connectivity index (χ4n) is 14.3. The molecule has 1 saturated heterocycles. The highest BCUT2D eigenvalue weighted by Gasteiger charge is 2.37. The van der Waals surface area contributed by atoms with Crippen LogP contribution in [0.2, 0.25) is 0 Å². The number of halogens is 4. The van der Waals surface area contributed by atoms with Gasteiger partial charge in [-0.25, -0.2) is 13.8 Å². The summed E-state index contributed by atoms with van der Waals surface area (Å²) in [7, 11) is 3.35. The van der Waals surface area contributed by atoms with Crippen molar-refractivity contribution >= 4 is 51.3 Å². The number of unbranched alkanes of at least 4 members (excludes halogenated alkanes) is 5. The molecule has 6 aliphatic heterocycles. The van der Waals surface area contributed by atoms with Crippen molar-refractivity contribution in [3.8, 4) is 29.1 Å². The number of ether oxygens (including phenoxy) is 2. The minimum absolute atomic E-state index is 0.0736.